The summed E-state index contributed by atoms with van der Waals surface area (Å²) in [6.07, 6.45) is 1.38. The van der Waals surface area contributed by atoms with E-state index in [-0.39, 0.29) is 22.6 Å². The molecule has 7 nitrogen and oxygen atoms in total. The molecule has 0 fully saturated rings. The highest BCUT2D eigenvalue weighted by molar-refractivity contribution is 7.90. The molecule has 1 amide bonds. The maximum absolute atomic E-state index is 13.1. The normalized spacial score (nSPS) is 15.0. The first-order valence-electron chi connectivity index (χ1n) is 9.90. The van der Waals surface area contributed by atoms with Crippen molar-refractivity contribution in [3.05, 3.63) is 83.4 Å². The number of carbonyl (C=O) groups is 3. The van der Waals surface area contributed by atoms with Gasteiger partial charge in [-0.3, -0.25) is 9.59 Å². The lowest BCUT2D eigenvalue weighted by atomic mass is 10.0. The molecule has 32 heavy (non-hydrogen) atoms. The zero-order chi connectivity index (χ0) is 22.9. The molecule has 0 spiro atoms. The van der Waals surface area contributed by atoms with Gasteiger partial charge in [0.2, 0.25) is 0 Å². The molecule has 0 saturated carbocycles. The average Bonchev–Trinajstić information content (AvgIpc) is 2.98. The lowest BCUT2D eigenvalue weighted by molar-refractivity contribution is -0.139. The first kappa shape index (κ1) is 21.5. The highest BCUT2D eigenvalue weighted by Gasteiger charge is 2.42. The average molecular weight is 449 g/mol. The molecular formula is C24H19NO6S. The number of sulfonamides is 1. The van der Waals surface area contributed by atoms with Gasteiger partial charge in [0.1, 0.15) is 17.0 Å². The number of nitrogens with zero attached hydrogens (tertiary/aromatic N) is 1. The van der Waals surface area contributed by atoms with Crippen molar-refractivity contribution < 1.29 is 27.5 Å². The van der Waals surface area contributed by atoms with E-state index in [4.69, 9.17) is 4.74 Å². The molecule has 3 aromatic rings. The molecule has 0 aliphatic carbocycles. The summed E-state index contributed by atoms with van der Waals surface area (Å²) >= 11 is 0. The summed E-state index contributed by atoms with van der Waals surface area (Å²) in [6, 6.07) is 18.6. The van der Waals surface area contributed by atoms with Crippen LogP contribution in [0.4, 0.5) is 0 Å². The fourth-order valence-electron chi connectivity index (χ4n) is 3.60. The number of benzene rings is 3. The summed E-state index contributed by atoms with van der Waals surface area (Å²) in [5.41, 5.74) is 0.261. The minimum absolute atomic E-state index is 0.00369. The summed E-state index contributed by atoms with van der Waals surface area (Å²) in [5, 5.41) is 1.71. The van der Waals surface area contributed by atoms with E-state index in [1.54, 1.807) is 25.1 Å². The van der Waals surface area contributed by atoms with Crippen molar-refractivity contribution in [1.82, 2.24) is 4.31 Å². The van der Waals surface area contributed by atoms with Gasteiger partial charge in [0, 0.05) is 0 Å². The zero-order valence-electron chi connectivity index (χ0n) is 17.1. The van der Waals surface area contributed by atoms with Gasteiger partial charge in [-0.15, -0.1) is 0 Å². The van der Waals surface area contributed by atoms with Crippen molar-refractivity contribution >= 4 is 44.5 Å². The molecule has 0 aromatic heterocycles. The fourth-order valence-corrected chi connectivity index (χ4v) is 5.12. The smallest absolute Gasteiger partial charge is 0.341 e. The quantitative estimate of drug-likeness (QED) is 0.248. The van der Waals surface area contributed by atoms with Crippen molar-refractivity contribution in [3.8, 4) is 0 Å². The number of esters is 1. The van der Waals surface area contributed by atoms with Crippen molar-refractivity contribution in [2.75, 3.05) is 13.2 Å². The number of carbonyl (C=O) groups excluding carboxylic acids is 3. The van der Waals surface area contributed by atoms with Gasteiger partial charge >= 0.3 is 5.97 Å². The number of rotatable bonds is 6. The molecule has 0 radical (unpaired) electrons. The van der Waals surface area contributed by atoms with Gasteiger partial charge in [0.25, 0.3) is 15.9 Å². The Morgan fingerprint density at radius 2 is 1.66 bits per heavy atom. The first-order valence-corrected chi connectivity index (χ1v) is 11.3. The lowest BCUT2D eigenvalue weighted by Gasteiger charge is -2.15. The molecule has 1 heterocycles. The second-order valence-electron chi connectivity index (χ2n) is 7.08. The highest BCUT2D eigenvalue weighted by atomic mass is 32.2. The van der Waals surface area contributed by atoms with E-state index in [9.17, 15) is 22.8 Å². The largest absolute Gasteiger partial charge is 0.462 e. The highest BCUT2D eigenvalue weighted by Crippen LogP contribution is 2.30. The number of fused-ring (bicyclic) bond motifs is 2. The van der Waals surface area contributed by atoms with Crippen LogP contribution < -0.4 is 0 Å². The number of hydrogen-bond acceptors (Lipinski definition) is 6. The Balaban J connectivity index is 1.74. The number of amides is 1. The molecule has 4 rings (SSSR count). The second-order valence-corrected chi connectivity index (χ2v) is 8.91. The number of Topliss-reactive ketones (excluding diaryl/α,β-unsaturated/α-hetero) is 1. The third-order valence-corrected chi connectivity index (χ3v) is 6.91. The Morgan fingerprint density at radius 3 is 2.41 bits per heavy atom. The Bertz CT molecular complexity index is 1390. The van der Waals surface area contributed by atoms with Crippen LogP contribution >= 0.6 is 0 Å². The van der Waals surface area contributed by atoms with Crippen LogP contribution in [0.3, 0.4) is 0 Å². The van der Waals surface area contributed by atoms with Crippen LogP contribution in [0.2, 0.25) is 0 Å². The summed E-state index contributed by atoms with van der Waals surface area (Å²) in [6.45, 7) is 0.833. The van der Waals surface area contributed by atoms with E-state index in [0.717, 1.165) is 10.8 Å². The van der Waals surface area contributed by atoms with E-state index in [0.29, 0.717) is 9.87 Å². The van der Waals surface area contributed by atoms with Crippen LogP contribution in [0.25, 0.3) is 16.8 Å². The van der Waals surface area contributed by atoms with Gasteiger partial charge in [-0.05, 0) is 41.5 Å². The van der Waals surface area contributed by atoms with Gasteiger partial charge in [0.15, 0.2) is 5.78 Å². The van der Waals surface area contributed by atoms with E-state index in [2.05, 4.69) is 0 Å². The monoisotopic (exact) mass is 449 g/mol. The standard InChI is InChI=1S/C24H19NO6S/c1-2-31-24(28)20(14-17-10-7-9-16-8-3-4-11-18(16)17)21(26)15-25-23(27)19-12-5-6-13-22(19)32(25,29)30/h3-14H,2,15H2,1H3. The minimum Gasteiger partial charge on any atom is -0.462 e. The van der Waals surface area contributed by atoms with Crippen LogP contribution in [-0.2, 0) is 24.3 Å². The first-order chi connectivity index (χ1) is 15.3. The fraction of sp³-hybridized carbons (Fsp3) is 0.125. The van der Waals surface area contributed by atoms with Crippen LogP contribution in [-0.4, -0.2) is 43.5 Å². The SMILES string of the molecule is CCOC(=O)C(=Cc1cccc2ccccc12)C(=O)CN1C(=O)c2ccccc2S1(=O)=O. The molecule has 8 heteroatoms. The van der Waals surface area contributed by atoms with Crippen molar-refractivity contribution in [2.24, 2.45) is 0 Å². The molecular weight excluding hydrogens is 430 g/mol. The van der Waals surface area contributed by atoms with Gasteiger partial charge in [-0.1, -0.05) is 54.6 Å². The Labute approximate surface area is 185 Å². The maximum Gasteiger partial charge on any atom is 0.341 e. The van der Waals surface area contributed by atoms with Gasteiger partial charge < -0.3 is 4.74 Å². The Hall–Kier alpha value is -3.78. The number of ketones is 1. The van der Waals surface area contributed by atoms with Crippen LogP contribution in [0.1, 0.15) is 22.8 Å². The second kappa shape index (κ2) is 8.39. The van der Waals surface area contributed by atoms with Gasteiger partial charge in [-0.25, -0.2) is 17.5 Å². The molecule has 0 atom stereocenters. The molecule has 1 aliphatic rings. The van der Waals surface area contributed by atoms with Crippen LogP contribution in [0.5, 0.6) is 0 Å². The van der Waals surface area contributed by atoms with E-state index in [1.165, 1.54) is 24.3 Å². The predicted octanol–water partition coefficient (Wildman–Crippen LogP) is 3.20. The topological polar surface area (TPSA) is 97.8 Å². The van der Waals surface area contributed by atoms with Gasteiger partial charge in [-0.2, -0.15) is 0 Å². The molecule has 0 N–H and O–H groups in total. The summed E-state index contributed by atoms with van der Waals surface area (Å²) in [7, 11) is -4.19. The molecule has 3 aromatic carbocycles. The van der Waals surface area contributed by atoms with Crippen molar-refractivity contribution in [1.29, 1.82) is 0 Å². The van der Waals surface area contributed by atoms with Crippen molar-refractivity contribution in [3.63, 3.8) is 0 Å². The van der Waals surface area contributed by atoms with Gasteiger partial charge in [0.05, 0.1) is 12.2 Å². The predicted molar refractivity (Wildman–Crippen MR) is 118 cm³/mol. The molecule has 0 saturated heterocycles. The van der Waals surface area contributed by atoms with Crippen molar-refractivity contribution in [2.45, 2.75) is 11.8 Å². The van der Waals surface area contributed by atoms with Crippen LogP contribution in [0.15, 0.2) is 77.2 Å². The number of ether oxygens (including phenoxy) is 1. The number of hydrogen-bond donors (Lipinski definition) is 0. The zero-order valence-corrected chi connectivity index (χ0v) is 18.0. The van der Waals surface area contributed by atoms with E-state index in [1.807, 2.05) is 30.3 Å². The molecule has 162 valence electrons. The maximum atomic E-state index is 13.1. The summed E-state index contributed by atoms with van der Waals surface area (Å²) in [5.74, 6) is -2.52. The molecule has 0 unspecified atom stereocenters. The Morgan fingerprint density at radius 1 is 0.969 bits per heavy atom. The summed E-state index contributed by atoms with van der Waals surface area (Å²) < 4.78 is 31.1. The third kappa shape index (κ3) is 3.69. The Kier molecular flexibility index (Phi) is 5.63. The minimum atomic E-state index is -4.19. The lowest BCUT2D eigenvalue weighted by Crippen LogP contribution is -2.36. The molecule has 1 aliphatic heterocycles. The summed E-state index contributed by atoms with van der Waals surface area (Å²) in [4.78, 5) is 38.2. The van der Waals surface area contributed by atoms with E-state index >= 15 is 0 Å². The van der Waals surface area contributed by atoms with E-state index < -0.39 is 34.2 Å². The molecule has 0 bridgehead atoms. The third-order valence-electron chi connectivity index (χ3n) is 5.12. The van der Waals surface area contributed by atoms with Crippen LogP contribution in [0, 0.1) is 0 Å².